The number of nitrogens with one attached hydrogen (secondary N) is 1. The molecule has 1 atom stereocenters. The van der Waals surface area contributed by atoms with Gasteiger partial charge < -0.3 is 10.2 Å². The third kappa shape index (κ3) is 8.63. The fourth-order valence-electron chi connectivity index (χ4n) is 5.37. The summed E-state index contributed by atoms with van der Waals surface area (Å²) < 4.78 is 29.8. The summed E-state index contributed by atoms with van der Waals surface area (Å²) in [4.78, 5) is 30.3. The highest BCUT2D eigenvalue weighted by molar-refractivity contribution is 7.92. The van der Waals surface area contributed by atoms with Crippen molar-refractivity contribution in [1.82, 2.24) is 10.2 Å². The molecule has 1 N–H and O–H groups in total. The van der Waals surface area contributed by atoms with Crippen molar-refractivity contribution >= 4 is 27.5 Å². The predicted octanol–water partition coefficient (Wildman–Crippen LogP) is 6.67. The minimum Gasteiger partial charge on any atom is -0.350 e. The molecule has 4 rings (SSSR count). The summed E-state index contributed by atoms with van der Waals surface area (Å²) in [6.07, 6.45) is 0.258. The van der Waals surface area contributed by atoms with Crippen LogP contribution in [0.3, 0.4) is 0 Å². The minimum atomic E-state index is -4.17. The molecule has 0 radical (unpaired) electrons. The maximum atomic E-state index is 14.7. The predicted molar refractivity (Wildman–Crippen MR) is 185 cm³/mol. The molecule has 4 aromatic carbocycles. The van der Waals surface area contributed by atoms with Gasteiger partial charge in [0.2, 0.25) is 11.8 Å². The highest BCUT2D eigenvalue weighted by atomic mass is 32.2. The SMILES string of the molecule is Cc1ccc(S(=O)(=O)N(CC(=O)N(Cc2cccc(C)c2)C(Cc2ccccc2)C(=O)NC(C)(C)C)c2cccc(C)c2C)cc1. The van der Waals surface area contributed by atoms with Gasteiger partial charge in [-0.15, -0.1) is 0 Å². The van der Waals surface area contributed by atoms with E-state index in [2.05, 4.69) is 5.32 Å². The van der Waals surface area contributed by atoms with E-state index in [4.69, 9.17) is 0 Å². The molecule has 0 aliphatic carbocycles. The smallest absolute Gasteiger partial charge is 0.264 e. The van der Waals surface area contributed by atoms with Crippen LogP contribution in [0.4, 0.5) is 5.69 Å². The molecule has 1 unspecified atom stereocenters. The number of rotatable bonds is 11. The summed E-state index contributed by atoms with van der Waals surface area (Å²) in [5.74, 6) is -0.792. The van der Waals surface area contributed by atoms with Gasteiger partial charge in [0.25, 0.3) is 10.0 Å². The number of nitrogens with zero attached hydrogens (tertiary/aromatic N) is 2. The number of carbonyl (C=O) groups excluding carboxylic acids is 2. The van der Waals surface area contributed by atoms with Gasteiger partial charge in [-0.2, -0.15) is 0 Å². The molecule has 0 aliphatic rings. The van der Waals surface area contributed by atoms with Crippen LogP contribution in [0.25, 0.3) is 0 Å². The Morgan fingerprint density at radius 3 is 2.02 bits per heavy atom. The lowest BCUT2D eigenvalue weighted by Crippen LogP contribution is -2.56. The van der Waals surface area contributed by atoms with Gasteiger partial charge in [-0.1, -0.05) is 90.0 Å². The van der Waals surface area contributed by atoms with Crippen molar-refractivity contribution in [1.29, 1.82) is 0 Å². The van der Waals surface area contributed by atoms with E-state index >= 15 is 0 Å². The zero-order chi connectivity index (χ0) is 33.6. The molecule has 0 spiro atoms. The molecule has 0 aromatic heterocycles. The molecule has 0 fully saturated rings. The first-order valence-corrected chi connectivity index (χ1v) is 17.0. The summed E-state index contributed by atoms with van der Waals surface area (Å²) in [6.45, 7) is 13.0. The van der Waals surface area contributed by atoms with Gasteiger partial charge in [0.1, 0.15) is 12.6 Å². The summed E-state index contributed by atoms with van der Waals surface area (Å²) in [5.41, 5.74) is 5.19. The van der Waals surface area contributed by atoms with Crippen LogP contribution < -0.4 is 9.62 Å². The second-order valence-corrected chi connectivity index (χ2v) is 14.9. The molecule has 0 aliphatic heterocycles. The van der Waals surface area contributed by atoms with Crippen molar-refractivity contribution < 1.29 is 18.0 Å². The van der Waals surface area contributed by atoms with Crippen LogP contribution in [-0.2, 0) is 32.6 Å². The van der Waals surface area contributed by atoms with Crippen molar-refractivity contribution in [2.45, 2.75) is 77.9 Å². The standard InChI is InChI=1S/C38H45N3O4S/c1-27-19-21-33(22-20-27)46(44,45)41(34-18-12-14-29(3)30(34)4)26-36(42)40(25-32-17-11-13-28(2)23-32)35(37(43)39-38(5,6)7)24-31-15-9-8-10-16-31/h8-23,35H,24-26H2,1-7H3,(H,39,43). The van der Waals surface area contributed by atoms with Crippen LogP contribution in [0.1, 0.15) is 54.2 Å². The molecule has 7 nitrogen and oxygen atoms in total. The van der Waals surface area contributed by atoms with Gasteiger partial charge in [-0.3, -0.25) is 13.9 Å². The Bertz CT molecular complexity index is 1780. The Morgan fingerprint density at radius 2 is 1.39 bits per heavy atom. The highest BCUT2D eigenvalue weighted by Gasteiger charge is 2.36. The van der Waals surface area contributed by atoms with E-state index in [0.29, 0.717) is 5.69 Å². The molecule has 0 heterocycles. The fraction of sp³-hybridized carbons (Fsp3) is 0.316. The van der Waals surface area contributed by atoms with E-state index in [1.54, 1.807) is 36.4 Å². The molecule has 0 saturated heterocycles. The molecule has 0 bridgehead atoms. The lowest BCUT2D eigenvalue weighted by molar-refractivity contribution is -0.140. The van der Waals surface area contributed by atoms with Crippen LogP contribution in [-0.4, -0.2) is 43.3 Å². The molecule has 46 heavy (non-hydrogen) atoms. The van der Waals surface area contributed by atoms with E-state index in [0.717, 1.165) is 33.4 Å². The second-order valence-electron chi connectivity index (χ2n) is 13.0. The fourth-order valence-corrected chi connectivity index (χ4v) is 6.84. The number of carbonyl (C=O) groups is 2. The monoisotopic (exact) mass is 639 g/mol. The van der Waals surface area contributed by atoms with Gasteiger partial charge in [0.15, 0.2) is 0 Å². The third-order valence-corrected chi connectivity index (χ3v) is 9.71. The molecule has 0 saturated carbocycles. The zero-order valence-electron chi connectivity index (χ0n) is 27.9. The normalized spacial score (nSPS) is 12.3. The molecule has 4 aromatic rings. The van der Waals surface area contributed by atoms with Crippen molar-refractivity contribution in [2.24, 2.45) is 0 Å². The maximum Gasteiger partial charge on any atom is 0.264 e. The number of anilines is 1. The van der Waals surface area contributed by atoms with Crippen LogP contribution in [0.5, 0.6) is 0 Å². The van der Waals surface area contributed by atoms with Gasteiger partial charge in [-0.05, 0) is 88.9 Å². The first-order chi connectivity index (χ1) is 21.7. The first kappa shape index (κ1) is 34.4. The Balaban J connectivity index is 1.85. The summed E-state index contributed by atoms with van der Waals surface area (Å²) in [5, 5.41) is 3.07. The van der Waals surface area contributed by atoms with Crippen molar-refractivity contribution in [3.05, 3.63) is 130 Å². The zero-order valence-corrected chi connectivity index (χ0v) is 28.7. The number of benzene rings is 4. The van der Waals surface area contributed by atoms with Gasteiger partial charge in [0, 0.05) is 18.5 Å². The van der Waals surface area contributed by atoms with Crippen molar-refractivity contribution in [3.63, 3.8) is 0 Å². The number of sulfonamides is 1. The highest BCUT2D eigenvalue weighted by Crippen LogP contribution is 2.29. The van der Waals surface area contributed by atoms with Gasteiger partial charge in [0.05, 0.1) is 10.6 Å². The first-order valence-electron chi connectivity index (χ1n) is 15.5. The summed E-state index contributed by atoms with van der Waals surface area (Å²) >= 11 is 0. The largest absolute Gasteiger partial charge is 0.350 e. The van der Waals surface area contributed by atoms with Crippen LogP contribution in [0.2, 0.25) is 0 Å². The Kier molecular flexibility index (Phi) is 10.7. The maximum absolute atomic E-state index is 14.7. The molecule has 8 heteroatoms. The lowest BCUT2D eigenvalue weighted by Gasteiger charge is -2.35. The van der Waals surface area contributed by atoms with Crippen LogP contribution >= 0.6 is 0 Å². The van der Waals surface area contributed by atoms with E-state index in [1.807, 2.05) is 109 Å². The second kappa shape index (κ2) is 14.3. The lowest BCUT2D eigenvalue weighted by atomic mass is 10.0. The molecular formula is C38H45N3O4S. The van der Waals surface area contributed by atoms with E-state index < -0.39 is 34.1 Å². The average Bonchev–Trinajstić information content (AvgIpc) is 2.99. The summed E-state index contributed by atoms with van der Waals surface area (Å²) in [6, 6.07) is 28.5. The topological polar surface area (TPSA) is 86.8 Å². The molecule has 242 valence electrons. The number of amides is 2. The molecular weight excluding hydrogens is 595 g/mol. The minimum absolute atomic E-state index is 0.0864. The Hall–Kier alpha value is -4.43. The average molecular weight is 640 g/mol. The Morgan fingerprint density at radius 1 is 0.761 bits per heavy atom. The summed E-state index contributed by atoms with van der Waals surface area (Å²) in [7, 11) is -4.17. The van der Waals surface area contributed by atoms with Crippen molar-refractivity contribution in [3.8, 4) is 0 Å². The van der Waals surface area contributed by atoms with Crippen molar-refractivity contribution in [2.75, 3.05) is 10.8 Å². The number of hydrogen-bond acceptors (Lipinski definition) is 4. The van der Waals surface area contributed by atoms with Crippen LogP contribution in [0, 0.1) is 27.7 Å². The van der Waals surface area contributed by atoms with E-state index in [9.17, 15) is 18.0 Å². The van der Waals surface area contributed by atoms with E-state index in [1.165, 1.54) is 9.21 Å². The quantitative estimate of drug-likeness (QED) is 0.199. The van der Waals surface area contributed by atoms with E-state index in [-0.39, 0.29) is 23.8 Å². The number of hydrogen-bond donors (Lipinski definition) is 1. The molecule has 2 amide bonds. The Labute approximate surface area is 274 Å². The van der Waals surface area contributed by atoms with Gasteiger partial charge in [-0.25, -0.2) is 8.42 Å². The third-order valence-electron chi connectivity index (χ3n) is 7.94. The van der Waals surface area contributed by atoms with Crippen LogP contribution in [0.15, 0.2) is 102 Å². The van der Waals surface area contributed by atoms with Gasteiger partial charge >= 0.3 is 0 Å². The number of aryl methyl sites for hydroxylation is 3.